The maximum absolute atomic E-state index is 11.7. The average molecular weight is 236 g/mol. The van der Waals surface area contributed by atoms with Gasteiger partial charge in [-0.1, -0.05) is 0 Å². The highest BCUT2D eigenvalue weighted by Gasteiger charge is 2.20. The van der Waals surface area contributed by atoms with Crippen LogP contribution in [0.25, 0.3) is 0 Å². The van der Waals surface area contributed by atoms with Crippen molar-refractivity contribution in [3.63, 3.8) is 0 Å². The van der Waals surface area contributed by atoms with Gasteiger partial charge in [-0.25, -0.2) is 0 Å². The maximum Gasteiger partial charge on any atom is 0.232 e. The minimum atomic E-state index is -0.252. The molecule has 2 amide bonds. The Morgan fingerprint density at radius 2 is 2.12 bits per heavy atom. The predicted molar refractivity (Wildman–Crippen MR) is 61.0 cm³/mol. The van der Waals surface area contributed by atoms with Crippen LogP contribution in [0.2, 0.25) is 0 Å². The van der Waals surface area contributed by atoms with Crippen molar-refractivity contribution >= 4 is 11.8 Å². The fraction of sp³-hybridized carbons (Fsp3) is 0.500. The highest BCUT2D eigenvalue weighted by Crippen LogP contribution is 2.08. The number of furan rings is 1. The van der Waals surface area contributed by atoms with Gasteiger partial charge in [-0.3, -0.25) is 9.59 Å². The third-order valence-electron chi connectivity index (χ3n) is 2.81. The lowest BCUT2D eigenvalue weighted by atomic mass is 10.3. The lowest BCUT2D eigenvalue weighted by Gasteiger charge is -2.14. The van der Waals surface area contributed by atoms with E-state index in [0.29, 0.717) is 12.3 Å². The van der Waals surface area contributed by atoms with Crippen LogP contribution in [-0.2, 0) is 16.1 Å². The van der Waals surface area contributed by atoms with Crippen molar-refractivity contribution in [3.05, 3.63) is 24.2 Å². The minimum absolute atomic E-state index is 0.0687. The molecule has 2 heterocycles. The number of likely N-dealkylation sites (tertiary alicyclic amines) is 1. The fourth-order valence-electron chi connectivity index (χ4n) is 1.88. The summed E-state index contributed by atoms with van der Waals surface area (Å²) < 4.78 is 5.08. The molecule has 0 saturated carbocycles. The lowest BCUT2D eigenvalue weighted by molar-refractivity contribution is -0.135. The van der Waals surface area contributed by atoms with E-state index < -0.39 is 0 Å². The summed E-state index contributed by atoms with van der Waals surface area (Å²) in [5.41, 5.74) is 0. The molecule has 0 aliphatic carbocycles. The zero-order chi connectivity index (χ0) is 12.1. The third kappa shape index (κ3) is 3.34. The van der Waals surface area contributed by atoms with Gasteiger partial charge >= 0.3 is 0 Å². The molecule has 0 atom stereocenters. The smallest absolute Gasteiger partial charge is 0.232 e. The summed E-state index contributed by atoms with van der Waals surface area (Å²) in [7, 11) is 0. The standard InChI is InChI=1S/C12H16N2O3/c15-11(13-9-10-4-3-7-17-10)8-12(16)14-5-1-2-6-14/h3-4,7H,1-2,5-6,8-9H2,(H,13,15). The van der Waals surface area contributed by atoms with Crippen molar-refractivity contribution in [3.8, 4) is 0 Å². The molecule has 5 heteroatoms. The Morgan fingerprint density at radius 3 is 2.76 bits per heavy atom. The van der Waals surface area contributed by atoms with Gasteiger partial charge in [0.25, 0.3) is 0 Å². The first-order chi connectivity index (χ1) is 8.25. The van der Waals surface area contributed by atoms with Gasteiger partial charge in [-0.2, -0.15) is 0 Å². The van der Waals surface area contributed by atoms with E-state index in [1.54, 1.807) is 23.3 Å². The van der Waals surface area contributed by atoms with Crippen LogP contribution >= 0.6 is 0 Å². The number of nitrogens with one attached hydrogen (secondary N) is 1. The Morgan fingerprint density at radius 1 is 1.35 bits per heavy atom. The molecular weight excluding hydrogens is 220 g/mol. The topological polar surface area (TPSA) is 62.6 Å². The Hall–Kier alpha value is -1.78. The van der Waals surface area contributed by atoms with E-state index in [4.69, 9.17) is 4.42 Å². The Bertz CT molecular complexity index is 380. The molecule has 17 heavy (non-hydrogen) atoms. The van der Waals surface area contributed by atoms with Crippen LogP contribution in [0.15, 0.2) is 22.8 Å². The average Bonchev–Trinajstić information content (AvgIpc) is 2.99. The molecule has 0 unspecified atom stereocenters. The first-order valence-corrected chi connectivity index (χ1v) is 5.82. The SMILES string of the molecule is O=C(CC(=O)N1CCCC1)NCc1ccco1. The summed E-state index contributed by atoms with van der Waals surface area (Å²) >= 11 is 0. The highest BCUT2D eigenvalue weighted by atomic mass is 16.3. The first-order valence-electron chi connectivity index (χ1n) is 5.82. The van der Waals surface area contributed by atoms with Gasteiger partial charge in [0.2, 0.25) is 11.8 Å². The number of nitrogens with zero attached hydrogens (tertiary/aromatic N) is 1. The van der Waals surface area contributed by atoms with Crippen molar-refractivity contribution in [2.75, 3.05) is 13.1 Å². The first kappa shape index (κ1) is 11.7. The van der Waals surface area contributed by atoms with Gasteiger partial charge in [-0.05, 0) is 25.0 Å². The monoisotopic (exact) mass is 236 g/mol. The van der Waals surface area contributed by atoms with Crippen LogP contribution in [0.5, 0.6) is 0 Å². The van der Waals surface area contributed by atoms with Crippen LogP contribution in [0.3, 0.4) is 0 Å². The van der Waals surface area contributed by atoms with Crippen LogP contribution in [0.1, 0.15) is 25.0 Å². The van der Waals surface area contributed by atoms with Crippen molar-refractivity contribution in [1.29, 1.82) is 0 Å². The highest BCUT2D eigenvalue weighted by molar-refractivity contribution is 5.96. The summed E-state index contributed by atoms with van der Waals surface area (Å²) in [5.74, 6) is 0.352. The molecule has 1 saturated heterocycles. The minimum Gasteiger partial charge on any atom is -0.467 e. The second kappa shape index (κ2) is 5.52. The number of carbonyl (C=O) groups is 2. The molecule has 1 fully saturated rings. The molecule has 0 aromatic carbocycles. The van der Waals surface area contributed by atoms with Crippen LogP contribution in [0.4, 0.5) is 0 Å². The van der Waals surface area contributed by atoms with E-state index in [2.05, 4.69) is 5.32 Å². The van der Waals surface area contributed by atoms with E-state index >= 15 is 0 Å². The molecule has 92 valence electrons. The van der Waals surface area contributed by atoms with Gasteiger partial charge in [-0.15, -0.1) is 0 Å². The van der Waals surface area contributed by atoms with Gasteiger partial charge < -0.3 is 14.6 Å². The van der Waals surface area contributed by atoms with E-state index in [-0.39, 0.29) is 18.2 Å². The summed E-state index contributed by atoms with van der Waals surface area (Å²) in [6, 6.07) is 3.54. The van der Waals surface area contributed by atoms with E-state index in [1.807, 2.05) is 0 Å². The van der Waals surface area contributed by atoms with Crippen LogP contribution in [-0.4, -0.2) is 29.8 Å². The van der Waals surface area contributed by atoms with E-state index in [1.165, 1.54) is 0 Å². The van der Waals surface area contributed by atoms with Gasteiger partial charge in [0.1, 0.15) is 12.2 Å². The van der Waals surface area contributed by atoms with Crippen LogP contribution in [0, 0.1) is 0 Å². The van der Waals surface area contributed by atoms with Crippen LogP contribution < -0.4 is 5.32 Å². The zero-order valence-corrected chi connectivity index (χ0v) is 9.65. The number of amides is 2. The quantitative estimate of drug-likeness (QED) is 0.790. The van der Waals surface area contributed by atoms with Gasteiger partial charge in [0.15, 0.2) is 0 Å². The van der Waals surface area contributed by atoms with Crippen molar-refractivity contribution in [2.45, 2.75) is 25.8 Å². The van der Waals surface area contributed by atoms with Crippen molar-refractivity contribution < 1.29 is 14.0 Å². The fourth-order valence-corrected chi connectivity index (χ4v) is 1.88. The number of hydrogen-bond donors (Lipinski definition) is 1. The molecule has 2 rings (SSSR count). The lowest BCUT2D eigenvalue weighted by Crippen LogP contribution is -2.33. The summed E-state index contributed by atoms with van der Waals surface area (Å²) in [6.07, 6.45) is 3.57. The number of rotatable bonds is 4. The van der Waals surface area contributed by atoms with Gasteiger partial charge in [0, 0.05) is 13.1 Å². The zero-order valence-electron chi connectivity index (χ0n) is 9.65. The third-order valence-corrected chi connectivity index (χ3v) is 2.81. The Kier molecular flexibility index (Phi) is 3.80. The summed E-state index contributed by atoms with van der Waals surface area (Å²) in [5, 5.41) is 2.66. The van der Waals surface area contributed by atoms with E-state index in [0.717, 1.165) is 25.9 Å². The van der Waals surface area contributed by atoms with Crippen molar-refractivity contribution in [1.82, 2.24) is 10.2 Å². The second-order valence-corrected chi connectivity index (χ2v) is 4.12. The van der Waals surface area contributed by atoms with E-state index in [9.17, 15) is 9.59 Å². The molecule has 0 spiro atoms. The molecule has 1 aromatic heterocycles. The second-order valence-electron chi connectivity index (χ2n) is 4.12. The summed E-state index contributed by atoms with van der Waals surface area (Å²) in [6.45, 7) is 1.90. The molecule has 0 radical (unpaired) electrons. The predicted octanol–water partition coefficient (Wildman–Crippen LogP) is 0.908. The number of carbonyl (C=O) groups excluding carboxylic acids is 2. The molecule has 1 N–H and O–H groups in total. The Balaban J connectivity index is 1.71. The molecule has 1 aromatic rings. The number of hydrogen-bond acceptors (Lipinski definition) is 3. The normalized spacial score (nSPS) is 14.9. The Labute approximate surface area is 99.8 Å². The maximum atomic E-state index is 11.7. The largest absolute Gasteiger partial charge is 0.467 e. The molecular formula is C12H16N2O3. The molecule has 1 aliphatic rings. The molecule has 0 bridgehead atoms. The molecule has 5 nitrogen and oxygen atoms in total. The summed E-state index contributed by atoms with van der Waals surface area (Å²) in [4.78, 5) is 24.9. The van der Waals surface area contributed by atoms with Crippen molar-refractivity contribution in [2.24, 2.45) is 0 Å². The molecule has 1 aliphatic heterocycles. The van der Waals surface area contributed by atoms with Gasteiger partial charge in [0.05, 0.1) is 12.8 Å².